The van der Waals surface area contributed by atoms with Gasteiger partial charge < -0.3 is 10.4 Å². The van der Waals surface area contributed by atoms with Gasteiger partial charge in [0.2, 0.25) is 5.91 Å². The monoisotopic (exact) mass is 259 g/mol. The lowest BCUT2D eigenvalue weighted by molar-refractivity contribution is -0.145. The number of carboxylic acids is 1. The van der Waals surface area contributed by atoms with Gasteiger partial charge in [-0.1, -0.05) is 12.8 Å². The van der Waals surface area contributed by atoms with Crippen LogP contribution < -0.4 is 5.32 Å². The fourth-order valence-electron chi connectivity index (χ4n) is 2.31. The second-order valence-electron chi connectivity index (χ2n) is 4.54. The predicted molar refractivity (Wildman–Crippen MR) is 69.1 cm³/mol. The Hall–Kier alpha value is -0.710. The van der Waals surface area contributed by atoms with E-state index in [-0.39, 0.29) is 17.7 Å². The van der Waals surface area contributed by atoms with Crippen molar-refractivity contribution in [1.82, 2.24) is 5.32 Å². The van der Waals surface area contributed by atoms with Crippen LogP contribution in [0, 0.1) is 11.8 Å². The second-order valence-corrected chi connectivity index (χ2v) is 5.52. The lowest BCUT2D eigenvalue weighted by atomic mass is 9.79. The van der Waals surface area contributed by atoms with Crippen LogP contribution in [0.1, 0.15) is 32.1 Å². The average molecular weight is 259 g/mol. The summed E-state index contributed by atoms with van der Waals surface area (Å²) in [5.74, 6) is -0.0232. The summed E-state index contributed by atoms with van der Waals surface area (Å²) in [5, 5.41) is 12.0. The van der Waals surface area contributed by atoms with E-state index in [2.05, 4.69) is 5.32 Å². The molecule has 2 N–H and O–H groups in total. The predicted octanol–water partition coefficient (Wildman–Crippen LogP) is 1.75. The largest absolute Gasteiger partial charge is 0.481 e. The summed E-state index contributed by atoms with van der Waals surface area (Å²) in [6.07, 6.45) is 6.23. The molecule has 5 heteroatoms. The van der Waals surface area contributed by atoms with E-state index in [0.717, 1.165) is 31.4 Å². The molecule has 0 heterocycles. The Kier molecular flexibility index (Phi) is 6.40. The number of carbonyl (C=O) groups is 2. The molecule has 4 nitrogen and oxygen atoms in total. The zero-order chi connectivity index (χ0) is 12.7. The van der Waals surface area contributed by atoms with Crippen LogP contribution in [0.2, 0.25) is 0 Å². The number of amides is 1. The summed E-state index contributed by atoms with van der Waals surface area (Å²) in [4.78, 5) is 22.5. The lowest BCUT2D eigenvalue weighted by Gasteiger charge is -2.28. The molecule has 0 radical (unpaired) electrons. The first-order valence-corrected chi connectivity index (χ1v) is 7.53. The van der Waals surface area contributed by atoms with E-state index >= 15 is 0 Å². The van der Waals surface area contributed by atoms with E-state index in [4.69, 9.17) is 5.11 Å². The lowest BCUT2D eigenvalue weighted by Crippen LogP contribution is -2.37. The van der Waals surface area contributed by atoms with Crippen molar-refractivity contribution < 1.29 is 14.7 Å². The first-order valence-electron chi connectivity index (χ1n) is 6.13. The van der Waals surface area contributed by atoms with Crippen LogP contribution in [0.5, 0.6) is 0 Å². The average Bonchev–Trinajstić information content (AvgIpc) is 2.34. The molecule has 0 aliphatic heterocycles. The van der Waals surface area contributed by atoms with E-state index < -0.39 is 5.97 Å². The van der Waals surface area contributed by atoms with Crippen molar-refractivity contribution in [1.29, 1.82) is 0 Å². The number of aliphatic carboxylic acids is 1. The summed E-state index contributed by atoms with van der Waals surface area (Å²) in [5.41, 5.74) is 0. The van der Waals surface area contributed by atoms with Crippen molar-refractivity contribution in [2.45, 2.75) is 32.1 Å². The number of rotatable bonds is 6. The summed E-state index contributed by atoms with van der Waals surface area (Å²) in [6.45, 7) is 0.518. The molecule has 0 spiro atoms. The standard InChI is InChI=1S/C12H21NO3S/c1-17-7-6-11(14)13-8-9-4-2-3-5-10(9)12(15)16/h9-10H,2-8H2,1H3,(H,13,14)(H,15,16). The maximum Gasteiger partial charge on any atom is 0.306 e. The Balaban J connectivity index is 2.32. The Morgan fingerprint density at radius 2 is 2.06 bits per heavy atom. The summed E-state index contributed by atoms with van der Waals surface area (Å²) in [7, 11) is 0. The van der Waals surface area contributed by atoms with Crippen molar-refractivity contribution in [3.05, 3.63) is 0 Å². The van der Waals surface area contributed by atoms with Gasteiger partial charge >= 0.3 is 5.97 Å². The number of carboxylic acid groups (broad SMARTS) is 1. The van der Waals surface area contributed by atoms with E-state index in [1.807, 2.05) is 6.26 Å². The van der Waals surface area contributed by atoms with Gasteiger partial charge in [-0.25, -0.2) is 0 Å². The van der Waals surface area contributed by atoms with Crippen LogP contribution >= 0.6 is 11.8 Å². The van der Waals surface area contributed by atoms with E-state index in [1.54, 1.807) is 11.8 Å². The minimum Gasteiger partial charge on any atom is -0.481 e. The first kappa shape index (κ1) is 14.4. The van der Waals surface area contributed by atoms with Gasteiger partial charge in [-0.3, -0.25) is 9.59 Å². The maximum atomic E-state index is 11.4. The molecule has 1 amide bonds. The zero-order valence-electron chi connectivity index (χ0n) is 10.3. The van der Waals surface area contributed by atoms with Gasteiger partial charge in [-0.15, -0.1) is 0 Å². The molecule has 0 aromatic carbocycles. The molecule has 1 saturated carbocycles. The van der Waals surface area contributed by atoms with Crippen molar-refractivity contribution in [3.63, 3.8) is 0 Å². The van der Waals surface area contributed by atoms with Gasteiger partial charge in [0, 0.05) is 18.7 Å². The Bertz CT molecular complexity index is 270. The molecule has 1 fully saturated rings. The Morgan fingerprint density at radius 1 is 1.35 bits per heavy atom. The SMILES string of the molecule is CSCCC(=O)NCC1CCCCC1C(=O)O. The molecule has 1 aliphatic rings. The number of hydrogen-bond donors (Lipinski definition) is 2. The molecule has 0 bridgehead atoms. The molecule has 98 valence electrons. The van der Waals surface area contributed by atoms with Gasteiger partial charge in [-0.05, 0) is 25.0 Å². The zero-order valence-corrected chi connectivity index (χ0v) is 11.1. The first-order chi connectivity index (χ1) is 8.15. The topological polar surface area (TPSA) is 66.4 Å². The molecule has 2 unspecified atom stereocenters. The highest BCUT2D eigenvalue weighted by molar-refractivity contribution is 7.98. The highest BCUT2D eigenvalue weighted by atomic mass is 32.2. The molecule has 17 heavy (non-hydrogen) atoms. The minimum atomic E-state index is -0.715. The fraction of sp³-hybridized carbons (Fsp3) is 0.833. The fourth-order valence-corrected chi connectivity index (χ4v) is 2.69. The Labute approximate surface area is 107 Å². The molecular formula is C12H21NO3S. The van der Waals surface area contributed by atoms with Crippen LogP contribution in [-0.4, -0.2) is 35.5 Å². The summed E-state index contributed by atoms with van der Waals surface area (Å²) < 4.78 is 0. The molecule has 0 aromatic heterocycles. The Morgan fingerprint density at radius 3 is 2.71 bits per heavy atom. The third kappa shape index (κ3) is 4.98. The number of thioether (sulfide) groups is 1. The van der Waals surface area contributed by atoms with E-state index in [0.29, 0.717) is 13.0 Å². The number of carbonyl (C=O) groups excluding carboxylic acids is 1. The highest BCUT2D eigenvalue weighted by Gasteiger charge is 2.30. The molecule has 1 rings (SSSR count). The summed E-state index contributed by atoms with van der Waals surface area (Å²) in [6, 6.07) is 0. The van der Waals surface area contributed by atoms with Crippen molar-refractivity contribution in [2.75, 3.05) is 18.6 Å². The number of nitrogens with one attached hydrogen (secondary N) is 1. The summed E-state index contributed by atoms with van der Waals surface area (Å²) >= 11 is 1.64. The highest BCUT2D eigenvalue weighted by Crippen LogP contribution is 2.29. The second kappa shape index (κ2) is 7.58. The molecule has 1 aliphatic carbocycles. The molecule has 0 aromatic rings. The normalized spacial score (nSPS) is 24.3. The minimum absolute atomic E-state index is 0.0362. The third-order valence-corrected chi connectivity index (χ3v) is 3.93. The number of hydrogen-bond acceptors (Lipinski definition) is 3. The molecular weight excluding hydrogens is 238 g/mol. The van der Waals surface area contributed by atoms with E-state index in [9.17, 15) is 9.59 Å². The van der Waals surface area contributed by atoms with Gasteiger partial charge in [-0.2, -0.15) is 11.8 Å². The van der Waals surface area contributed by atoms with Gasteiger partial charge in [0.1, 0.15) is 0 Å². The van der Waals surface area contributed by atoms with Crippen LogP contribution in [-0.2, 0) is 9.59 Å². The smallest absolute Gasteiger partial charge is 0.306 e. The van der Waals surface area contributed by atoms with Crippen molar-refractivity contribution in [2.24, 2.45) is 11.8 Å². The molecule has 2 atom stereocenters. The van der Waals surface area contributed by atoms with Crippen LogP contribution in [0.4, 0.5) is 0 Å². The van der Waals surface area contributed by atoms with E-state index in [1.165, 1.54) is 0 Å². The van der Waals surface area contributed by atoms with Crippen LogP contribution in [0.3, 0.4) is 0 Å². The maximum absolute atomic E-state index is 11.4. The van der Waals surface area contributed by atoms with Crippen LogP contribution in [0.25, 0.3) is 0 Å². The van der Waals surface area contributed by atoms with Crippen molar-refractivity contribution in [3.8, 4) is 0 Å². The van der Waals surface area contributed by atoms with Gasteiger partial charge in [0.15, 0.2) is 0 Å². The molecule has 0 saturated heterocycles. The van der Waals surface area contributed by atoms with Gasteiger partial charge in [0.25, 0.3) is 0 Å². The van der Waals surface area contributed by atoms with Crippen molar-refractivity contribution >= 4 is 23.6 Å². The third-order valence-electron chi connectivity index (χ3n) is 3.32. The van der Waals surface area contributed by atoms with Gasteiger partial charge in [0.05, 0.1) is 5.92 Å². The quantitative estimate of drug-likeness (QED) is 0.762. The van der Waals surface area contributed by atoms with Crippen LogP contribution in [0.15, 0.2) is 0 Å².